The number of hydrogen-bond acceptors (Lipinski definition) is 3. The van der Waals surface area contributed by atoms with Gasteiger partial charge in [0, 0.05) is 35.7 Å². The standard InChI is InChI=1S/C18H23FN2S/c1-2-17(18-4-3-13-22-18)20-15-9-11-21(12-10-15)16-7-5-14(19)6-8-16/h3-8,13,15,17,20H,2,9-12H2,1H3. The highest BCUT2D eigenvalue weighted by Gasteiger charge is 2.22. The minimum Gasteiger partial charge on any atom is -0.371 e. The first kappa shape index (κ1) is 15.5. The van der Waals surface area contributed by atoms with Crippen LogP contribution >= 0.6 is 11.3 Å². The molecule has 1 atom stereocenters. The van der Waals surface area contributed by atoms with Gasteiger partial charge in [-0.05, 0) is 55.0 Å². The van der Waals surface area contributed by atoms with Gasteiger partial charge < -0.3 is 10.2 Å². The molecular formula is C18H23FN2S. The van der Waals surface area contributed by atoms with Crippen LogP contribution in [0.25, 0.3) is 0 Å². The third kappa shape index (κ3) is 3.68. The topological polar surface area (TPSA) is 15.3 Å². The van der Waals surface area contributed by atoms with Crippen molar-refractivity contribution in [1.29, 1.82) is 0 Å². The highest BCUT2D eigenvalue weighted by molar-refractivity contribution is 7.10. The van der Waals surface area contributed by atoms with E-state index in [9.17, 15) is 4.39 Å². The van der Waals surface area contributed by atoms with Crippen LogP contribution in [0.3, 0.4) is 0 Å². The number of benzene rings is 1. The predicted molar refractivity (Wildman–Crippen MR) is 92.1 cm³/mol. The minimum absolute atomic E-state index is 0.165. The number of piperidine rings is 1. The summed E-state index contributed by atoms with van der Waals surface area (Å²) in [5.74, 6) is -0.165. The second-order valence-electron chi connectivity index (χ2n) is 5.88. The zero-order chi connectivity index (χ0) is 15.4. The van der Waals surface area contributed by atoms with E-state index >= 15 is 0 Å². The minimum atomic E-state index is -0.165. The van der Waals surface area contributed by atoms with Gasteiger partial charge in [0.15, 0.2) is 0 Å². The van der Waals surface area contributed by atoms with Crippen LogP contribution in [0.15, 0.2) is 41.8 Å². The molecule has 0 aliphatic carbocycles. The molecule has 118 valence electrons. The first-order valence-corrected chi connectivity index (χ1v) is 8.94. The van der Waals surface area contributed by atoms with Crippen LogP contribution in [0, 0.1) is 5.82 Å². The van der Waals surface area contributed by atoms with E-state index in [1.807, 2.05) is 23.5 Å². The quantitative estimate of drug-likeness (QED) is 0.867. The van der Waals surface area contributed by atoms with Crippen molar-refractivity contribution < 1.29 is 4.39 Å². The van der Waals surface area contributed by atoms with Crippen molar-refractivity contribution in [3.8, 4) is 0 Å². The molecule has 2 aromatic rings. The maximum absolute atomic E-state index is 13.0. The van der Waals surface area contributed by atoms with Gasteiger partial charge in [-0.25, -0.2) is 4.39 Å². The Kier molecular flexibility index (Phi) is 5.11. The van der Waals surface area contributed by atoms with Crippen molar-refractivity contribution in [2.24, 2.45) is 0 Å². The monoisotopic (exact) mass is 318 g/mol. The third-order valence-electron chi connectivity index (χ3n) is 4.42. The lowest BCUT2D eigenvalue weighted by molar-refractivity contribution is 0.367. The maximum Gasteiger partial charge on any atom is 0.123 e. The summed E-state index contributed by atoms with van der Waals surface area (Å²) >= 11 is 1.83. The molecule has 22 heavy (non-hydrogen) atoms. The van der Waals surface area contributed by atoms with Crippen molar-refractivity contribution in [1.82, 2.24) is 5.32 Å². The smallest absolute Gasteiger partial charge is 0.123 e. The van der Waals surface area contributed by atoms with Gasteiger partial charge in [0.25, 0.3) is 0 Å². The normalized spacial score (nSPS) is 17.6. The summed E-state index contributed by atoms with van der Waals surface area (Å²) in [5.41, 5.74) is 1.13. The lowest BCUT2D eigenvalue weighted by Gasteiger charge is -2.35. The Labute approximate surface area is 136 Å². The van der Waals surface area contributed by atoms with Crippen molar-refractivity contribution >= 4 is 17.0 Å². The van der Waals surface area contributed by atoms with Crippen molar-refractivity contribution in [3.63, 3.8) is 0 Å². The van der Waals surface area contributed by atoms with Gasteiger partial charge in [0.1, 0.15) is 5.82 Å². The van der Waals surface area contributed by atoms with Crippen LogP contribution in [-0.2, 0) is 0 Å². The van der Waals surface area contributed by atoms with Crippen LogP contribution in [0.5, 0.6) is 0 Å². The summed E-state index contributed by atoms with van der Waals surface area (Å²) in [4.78, 5) is 3.78. The van der Waals surface area contributed by atoms with Crippen molar-refractivity contribution in [2.45, 2.75) is 38.3 Å². The Morgan fingerprint density at radius 1 is 1.23 bits per heavy atom. The van der Waals surface area contributed by atoms with E-state index in [2.05, 4.69) is 34.7 Å². The van der Waals surface area contributed by atoms with E-state index in [1.165, 1.54) is 4.88 Å². The Bertz CT molecular complexity index is 559. The highest BCUT2D eigenvalue weighted by atomic mass is 32.1. The summed E-state index contributed by atoms with van der Waals surface area (Å²) in [5, 5.41) is 5.96. The Morgan fingerprint density at radius 2 is 1.95 bits per heavy atom. The molecule has 0 amide bonds. The van der Waals surface area contributed by atoms with Crippen LogP contribution in [0.1, 0.15) is 37.1 Å². The van der Waals surface area contributed by atoms with Gasteiger partial charge in [-0.2, -0.15) is 0 Å². The van der Waals surface area contributed by atoms with Gasteiger partial charge in [-0.15, -0.1) is 11.3 Å². The van der Waals surface area contributed by atoms with Gasteiger partial charge in [0.05, 0.1) is 0 Å². The van der Waals surface area contributed by atoms with Crippen molar-refractivity contribution in [3.05, 3.63) is 52.5 Å². The summed E-state index contributed by atoms with van der Waals surface area (Å²) in [7, 11) is 0. The summed E-state index contributed by atoms with van der Waals surface area (Å²) < 4.78 is 13.0. The fraction of sp³-hybridized carbons (Fsp3) is 0.444. The second kappa shape index (κ2) is 7.25. The molecule has 1 fully saturated rings. The molecule has 0 spiro atoms. The summed E-state index contributed by atoms with van der Waals surface area (Å²) in [6.07, 6.45) is 3.40. The average molecular weight is 318 g/mol. The number of anilines is 1. The zero-order valence-electron chi connectivity index (χ0n) is 13.0. The molecule has 0 bridgehead atoms. The molecule has 1 unspecified atom stereocenters. The average Bonchev–Trinajstić information content (AvgIpc) is 3.08. The maximum atomic E-state index is 13.0. The number of rotatable bonds is 5. The highest BCUT2D eigenvalue weighted by Crippen LogP contribution is 2.25. The first-order chi connectivity index (χ1) is 10.8. The summed E-state index contributed by atoms with van der Waals surface area (Å²) in [6.45, 7) is 4.30. The fourth-order valence-electron chi connectivity index (χ4n) is 3.13. The van der Waals surface area contributed by atoms with E-state index in [0.29, 0.717) is 12.1 Å². The molecule has 2 heterocycles. The van der Waals surface area contributed by atoms with Crippen LogP contribution in [-0.4, -0.2) is 19.1 Å². The first-order valence-electron chi connectivity index (χ1n) is 8.06. The lowest BCUT2D eigenvalue weighted by atomic mass is 10.0. The number of nitrogens with zero attached hydrogens (tertiary/aromatic N) is 1. The van der Waals surface area contributed by atoms with Crippen LogP contribution in [0.2, 0.25) is 0 Å². The van der Waals surface area contributed by atoms with E-state index in [1.54, 1.807) is 12.1 Å². The Balaban J connectivity index is 1.54. The Morgan fingerprint density at radius 3 is 2.55 bits per heavy atom. The van der Waals surface area contributed by atoms with E-state index in [-0.39, 0.29) is 5.82 Å². The molecule has 0 saturated carbocycles. The molecular weight excluding hydrogens is 295 g/mol. The number of thiophene rings is 1. The summed E-state index contributed by atoms with van der Waals surface area (Å²) in [6, 6.07) is 12.2. The van der Waals surface area contributed by atoms with Crippen molar-refractivity contribution in [2.75, 3.05) is 18.0 Å². The molecule has 1 aromatic heterocycles. The van der Waals surface area contributed by atoms with E-state index in [4.69, 9.17) is 0 Å². The molecule has 4 heteroatoms. The second-order valence-corrected chi connectivity index (χ2v) is 6.86. The molecule has 1 N–H and O–H groups in total. The lowest BCUT2D eigenvalue weighted by Crippen LogP contribution is -2.43. The van der Waals surface area contributed by atoms with Crippen LogP contribution < -0.4 is 10.2 Å². The molecule has 1 aromatic carbocycles. The molecule has 1 aliphatic heterocycles. The van der Waals surface area contributed by atoms with E-state index in [0.717, 1.165) is 38.0 Å². The van der Waals surface area contributed by atoms with Gasteiger partial charge in [-0.3, -0.25) is 0 Å². The van der Waals surface area contributed by atoms with Gasteiger partial charge >= 0.3 is 0 Å². The number of nitrogens with one attached hydrogen (secondary N) is 1. The molecule has 2 nitrogen and oxygen atoms in total. The third-order valence-corrected chi connectivity index (χ3v) is 5.40. The van der Waals surface area contributed by atoms with E-state index < -0.39 is 0 Å². The number of halogens is 1. The zero-order valence-corrected chi connectivity index (χ0v) is 13.8. The fourth-order valence-corrected chi connectivity index (χ4v) is 4.00. The van der Waals surface area contributed by atoms with Gasteiger partial charge in [-0.1, -0.05) is 13.0 Å². The molecule has 1 aliphatic rings. The molecule has 3 rings (SSSR count). The van der Waals surface area contributed by atoms with Crippen LogP contribution in [0.4, 0.5) is 10.1 Å². The molecule has 1 saturated heterocycles. The van der Waals surface area contributed by atoms with Gasteiger partial charge in [0.2, 0.25) is 0 Å². The SMILES string of the molecule is CCC(NC1CCN(c2ccc(F)cc2)CC1)c1cccs1. The predicted octanol–water partition coefficient (Wildman–Crippen LogP) is 4.60. The Hall–Kier alpha value is -1.39. The number of hydrogen-bond donors (Lipinski definition) is 1. The molecule has 0 radical (unpaired) electrons. The largest absolute Gasteiger partial charge is 0.371 e.